The Morgan fingerprint density at radius 1 is 1.33 bits per heavy atom. The summed E-state index contributed by atoms with van der Waals surface area (Å²) in [5.74, 6) is 0.843. The van der Waals surface area contributed by atoms with Crippen LogP contribution in [0.15, 0.2) is 24.3 Å². The largest absolute Gasteiger partial charge is 0.431 e. The first-order valence-corrected chi connectivity index (χ1v) is 6.42. The van der Waals surface area contributed by atoms with E-state index < -0.39 is 0 Å². The number of ether oxygens (including phenoxy) is 1. The Morgan fingerprint density at radius 3 is 2.73 bits per heavy atom. The van der Waals surface area contributed by atoms with Crippen molar-refractivity contribution in [2.45, 2.75) is 13.8 Å². The van der Waals surface area contributed by atoms with Gasteiger partial charge in [-0.2, -0.15) is 0 Å². The lowest BCUT2D eigenvalue weighted by atomic mass is 10.3. The van der Waals surface area contributed by atoms with Crippen LogP contribution >= 0.6 is 33.9 Å². The average Bonchev–Trinajstić information content (AvgIpc) is 2.45. The molecule has 0 amide bonds. The zero-order valence-corrected chi connectivity index (χ0v) is 11.4. The van der Waals surface area contributed by atoms with Crippen LogP contribution in [0.5, 0.6) is 10.9 Å². The quantitative estimate of drug-likeness (QED) is 0.771. The predicted octanol–water partition coefficient (Wildman–Crippen LogP) is 4.16. The number of rotatable bonds is 2. The van der Waals surface area contributed by atoms with E-state index in [1.165, 1.54) is 4.88 Å². The molecule has 0 N–H and O–H groups in total. The van der Waals surface area contributed by atoms with Crippen LogP contribution in [0.2, 0.25) is 0 Å². The molecule has 1 aromatic carbocycles. The van der Waals surface area contributed by atoms with Gasteiger partial charge in [0.15, 0.2) is 0 Å². The molecule has 2 aromatic rings. The molecular weight excluding hydrogens is 321 g/mol. The Kier molecular flexibility index (Phi) is 3.25. The topological polar surface area (TPSA) is 22.1 Å². The molecule has 1 heterocycles. The minimum atomic E-state index is 0.715. The van der Waals surface area contributed by atoms with E-state index in [9.17, 15) is 0 Å². The summed E-state index contributed by atoms with van der Waals surface area (Å²) >= 11 is 3.84. The molecular formula is C11H10INOS. The van der Waals surface area contributed by atoms with Crippen LogP contribution in [-0.4, -0.2) is 4.98 Å². The maximum atomic E-state index is 5.66. The first-order valence-electron chi connectivity index (χ1n) is 4.52. The second-order valence-electron chi connectivity index (χ2n) is 3.18. The maximum Gasteiger partial charge on any atom is 0.279 e. The first kappa shape index (κ1) is 10.9. The summed E-state index contributed by atoms with van der Waals surface area (Å²) in [6.07, 6.45) is 0. The van der Waals surface area contributed by atoms with E-state index in [0.717, 1.165) is 15.0 Å². The van der Waals surface area contributed by atoms with E-state index in [4.69, 9.17) is 4.74 Å². The number of hydrogen-bond donors (Lipinski definition) is 0. The Morgan fingerprint density at radius 2 is 2.13 bits per heavy atom. The van der Waals surface area contributed by atoms with E-state index in [-0.39, 0.29) is 0 Å². The van der Waals surface area contributed by atoms with Gasteiger partial charge in [-0.25, -0.2) is 4.98 Å². The van der Waals surface area contributed by atoms with Crippen molar-refractivity contribution in [1.82, 2.24) is 4.98 Å². The van der Waals surface area contributed by atoms with Crippen molar-refractivity contribution in [3.8, 4) is 10.9 Å². The van der Waals surface area contributed by atoms with Crippen LogP contribution < -0.4 is 4.74 Å². The minimum Gasteiger partial charge on any atom is -0.431 e. The first-order chi connectivity index (χ1) is 7.15. The van der Waals surface area contributed by atoms with Crippen molar-refractivity contribution in [2.24, 2.45) is 0 Å². The molecule has 2 rings (SSSR count). The predicted molar refractivity (Wildman–Crippen MR) is 70.8 cm³/mol. The average molecular weight is 331 g/mol. The molecule has 0 aliphatic heterocycles. The molecule has 0 unspecified atom stereocenters. The Hall–Kier alpha value is -0.620. The number of aryl methyl sites for hydroxylation is 2. The van der Waals surface area contributed by atoms with Crippen LogP contribution in [0.4, 0.5) is 0 Å². The van der Waals surface area contributed by atoms with Crippen molar-refractivity contribution in [3.05, 3.63) is 38.4 Å². The molecule has 0 atom stereocenters. The van der Waals surface area contributed by atoms with Gasteiger partial charge in [0.05, 0.1) is 5.69 Å². The molecule has 0 spiro atoms. The molecule has 0 saturated carbocycles. The van der Waals surface area contributed by atoms with Crippen LogP contribution in [0.25, 0.3) is 0 Å². The van der Waals surface area contributed by atoms with Gasteiger partial charge >= 0.3 is 0 Å². The molecule has 1 aromatic heterocycles. The number of hydrogen-bond acceptors (Lipinski definition) is 3. The number of nitrogens with zero attached hydrogens (tertiary/aromatic N) is 1. The van der Waals surface area contributed by atoms with E-state index in [1.807, 2.05) is 31.2 Å². The molecule has 0 aliphatic rings. The number of aromatic nitrogens is 1. The standard InChI is InChI=1S/C11H10INOS/c1-7-8(2)15-11(13-7)14-10-5-3-4-9(12)6-10/h3-6H,1-2H3. The molecule has 15 heavy (non-hydrogen) atoms. The summed E-state index contributed by atoms with van der Waals surface area (Å²) in [4.78, 5) is 5.53. The summed E-state index contributed by atoms with van der Waals surface area (Å²) in [6, 6.07) is 7.94. The molecule has 0 radical (unpaired) electrons. The number of benzene rings is 1. The van der Waals surface area contributed by atoms with Gasteiger partial charge in [-0.05, 0) is 54.6 Å². The van der Waals surface area contributed by atoms with Crippen molar-refractivity contribution in [3.63, 3.8) is 0 Å². The molecule has 0 fully saturated rings. The summed E-state index contributed by atoms with van der Waals surface area (Å²) in [7, 11) is 0. The third-order valence-corrected chi connectivity index (χ3v) is 3.63. The van der Waals surface area contributed by atoms with E-state index in [0.29, 0.717) is 5.19 Å². The van der Waals surface area contributed by atoms with Gasteiger partial charge in [-0.3, -0.25) is 0 Å². The molecule has 4 heteroatoms. The molecule has 2 nitrogen and oxygen atoms in total. The van der Waals surface area contributed by atoms with Crippen molar-refractivity contribution >= 4 is 33.9 Å². The Bertz CT molecular complexity index is 462. The minimum absolute atomic E-state index is 0.715. The fourth-order valence-electron chi connectivity index (χ4n) is 1.12. The highest BCUT2D eigenvalue weighted by Crippen LogP contribution is 2.28. The van der Waals surface area contributed by atoms with Gasteiger partial charge in [-0.15, -0.1) is 0 Å². The molecule has 0 bridgehead atoms. The Balaban J connectivity index is 2.22. The maximum absolute atomic E-state index is 5.66. The van der Waals surface area contributed by atoms with Crippen LogP contribution in [0, 0.1) is 17.4 Å². The van der Waals surface area contributed by atoms with E-state index >= 15 is 0 Å². The monoisotopic (exact) mass is 331 g/mol. The second kappa shape index (κ2) is 4.49. The van der Waals surface area contributed by atoms with Gasteiger partial charge in [0.2, 0.25) is 0 Å². The van der Waals surface area contributed by atoms with Crippen LogP contribution in [0.1, 0.15) is 10.6 Å². The highest BCUT2D eigenvalue weighted by atomic mass is 127. The SMILES string of the molecule is Cc1nc(Oc2cccc(I)c2)sc1C. The third-order valence-electron chi connectivity index (χ3n) is 2.01. The van der Waals surface area contributed by atoms with Gasteiger partial charge in [-0.1, -0.05) is 17.4 Å². The molecule has 78 valence electrons. The van der Waals surface area contributed by atoms with Crippen molar-refractivity contribution in [1.29, 1.82) is 0 Å². The van der Waals surface area contributed by atoms with Crippen molar-refractivity contribution < 1.29 is 4.74 Å². The zero-order valence-electron chi connectivity index (χ0n) is 8.45. The van der Waals surface area contributed by atoms with Gasteiger partial charge < -0.3 is 4.74 Å². The van der Waals surface area contributed by atoms with E-state index in [1.54, 1.807) is 11.3 Å². The van der Waals surface area contributed by atoms with Crippen molar-refractivity contribution in [2.75, 3.05) is 0 Å². The van der Waals surface area contributed by atoms with Gasteiger partial charge in [0.25, 0.3) is 5.19 Å². The lowest BCUT2D eigenvalue weighted by molar-refractivity contribution is 0.477. The number of thiazole rings is 1. The third kappa shape index (κ3) is 2.69. The van der Waals surface area contributed by atoms with Gasteiger partial charge in [0, 0.05) is 8.45 Å². The fourth-order valence-corrected chi connectivity index (χ4v) is 2.41. The highest BCUT2D eigenvalue weighted by molar-refractivity contribution is 14.1. The molecule has 0 aliphatic carbocycles. The summed E-state index contributed by atoms with van der Waals surface area (Å²) in [6.45, 7) is 4.04. The van der Waals surface area contributed by atoms with Gasteiger partial charge in [0.1, 0.15) is 5.75 Å². The lowest BCUT2D eigenvalue weighted by Gasteiger charge is -2.00. The van der Waals surface area contributed by atoms with Crippen LogP contribution in [-0.2, 0) is 0 Å². The van der Waals surface area contributed by atoms with Crippen LogP contribution in [0.3, 0.4) is 0 Å². The number of halogens is 1. The summed E-state index contributed by atoms with van der Waals surface area (Å²) in [5.41, 5.74) is 1.04. The second-order valence-corrected chi connectivity index (χ2v) is 5.59. The highest BCUT2D eigenvalue weighted by Gasteiger charge is 2.05. The summed E-state index contributed by atoms with van der Waals surface area (Å²) < 4.78 is 6.83. The Labute approximate surface area is 106 Å². The zero-order chi connectivity index (χ0) is 10.8. The lowest BCUT2D eigenvalue weighted by Crippen LogP contribution is -1.83. The van der Waals surface area contributed by atoms with E-state index in [2.05, 4.69) is 34.5 Å². The summed E-state index contributed by atoms with van der Waals surface area (Å²) in [5, 5.41) is 0.715. The smallest absolute Gasteiger partial charge is 0.279 e. The normalized spacial score (nSPS) is 10.3. The fraction of sp³-hybridized carbons (Fsp3) is 0.182. The molecule has 0 saturated heterocycles.